The maximum atomic E-state index is 13.8. The lowest BCUT2D eigenvalue weighted by Gasteiger charge is -2.34. The summed E-state index contributed by atoms with van der Waals surface area (Å²) in [5.41, 5.74) is 0.844. The Morgan fingerprint density at radius 3 is 2.50 bits per heavy atom. The van der Waals surface area contributed by atoms with Gasteiger partial charge in [-0.2, -0.15) is 0 Å². The second kappa shape index (κ2) is 11.1. The monoisotopic (exact) mass is 499 g/mol. The molecule has 0 unspecified atom stereocenters. The minimum absolute atomic E-state index is 0. The molecular formula is C21H27FIN3O2. The SMILES string of the molecule is CN=C(NCc1ccc(OC)c(F)c1)N1CCC(Oc2ccccc2)CC1.I. The Morgan fingerprint density at radius 2 is 1.89 bits per heavy atom. The first kappa shape index (κ1) is 22.3. The largest absolute Gasteiger partial charge is 0.494 e. The topological polar surface area (TPSA) is 46.1 Å². The molecule has 3 rings (SSSR count). The van der Waals surface area contributed by atoms with Crippen LogP contribution < -0.4 is 14.8 Å². The molecule has 1 aliphatic heterocycles. The molecule has 0 amide bonds. The second-order valence-electron chi connectivity index (χ2n) is 6.49. The normalized spacial score (nSPS) is 15.0. The van der Waals surface area contributed by atoms with Crippen LogP contribution in [0.15, 0.2) is 53.5 Å². The van der Waals surface area contributed by atoms with Gasteiger partial charge in [0.25, 0.3) is 0 Å². The summed E-state index contributed by atoms with van der Waals surface area (Å²) in [4.78, 5) is 6.58. The predicted molar refractivity (Wildman–Crippen MR) is 120 cm³/mol. The Morgan fingerprint density at radius 1 is 1.18 bits per heavy atom. The molecule has 1 N–H and O–H groups in total. The molecular weight excluding hydrogens is 472 g/mol. The molecule has 0 aliphatic carbocycles. The van der Waals surface area contributed by atoms with Crippen molar-refractivity contribution in [3.05, 3.63) is 59.9 Å². The molecule has 1 saturated heterocycles. The number of hydrogen-bond acceptors (Lipinski definition) is 3. The van der Waals surface area contributed by atoms with Crippen LogP contribution in [0.5, 0.6) is 11.5 Å². The van der Waals surface area contributed by atoms with E-state index in [0.29, 0.717) is 6.54 Å². The van der Waals surface area contributed by atoms with E-state index in [4.69, 9.17) is 9.47 Å². The van der Waals surface area contributed by atoms with Crippen molar-refractivity contribution in [1.29, 1.82) is 0 Å². The van der Waals surface area contributed by atoms with Gasteiger partial charge in [0, 0.05) is 39.5 Å². The number of nitrogens with zero attached hydrogens (tertiary/aromatic N) is 2. The highest BCUT2D eigenvalue weighted by Crippen LogP contribution is 2.19. The Labute approximate surface area is 183 Å². The number of halogens is 2. The number of guanidine groups is 1. The van der Waals surface area contributed by atoms with E-state index in [1.54, 1.807) is 13.1 Å². The van der Waals surface area contributed by atoms with Crippen molar-refractivity contribution in [2.45, 2.75) is 25.5 Å². The number of benzene rings is 2. The molecule has 0 aromatic heterocycles. The molecule has 2 aromatic carbocycles. The van der Waals surface area contributed by atoms with Gasteiger partial charge in [0.15, 0.2) is 17.5 Å². The first-order chi connectivity index (χ1) is 13.2. The highest BCUT2D eigenvalue weighted by atomic mass is 127. The maximum Gasteiger partial charge on any atom is 0.193 e. The number of nitrogens with one attached hydrogen (secondary N) is 1. The quantitative estimate of drug-likeness (QED) is 0.383. The first-order valence-corrected chi connectivity index (χ1v) is 9.19. The molecule has 0 bridgehead atoms. The Bertz CT molecular complexity index is 766. The van der Waals surface area contributed by atoms with Crippen LogP contribution in [0.4, 0.5) is 4.39 Å². The number of methoxy groups -OCH3 is 1. The molecule has 0 spiro atoms. The number of piperidine rings is 1. The van der Waals surface area contributed by atoms with Crippen LogP contribution in [0.3, 0.4) is 0 Å². The van der Waals surface area contributed by atoms with Gasteiger partial charge >= 0.3 is 0 Å². The lowest BCUT2D eigenvalue weighted by atomic mass is 10.1. The third-order valence-corrected chi connectivity index (χ3v) is 4.67. The number of hydrogen-bond donors (Lipinski definition) is 1. The smallest absolute Gasteiger partial charge is 0.193 e. The molecule has 2 aromatic rings. The van der Waals surface area contributed by atoms with Crippen molar-refractivity contribution < 1.29 is 13.9 Å². The van der Waals surface area contributed by atoms with E-state index in [1.165, 1.54) is 13.2 Å². The van der Waals surface area contributed by atoms with Gasteiger partial charge in [0.2, 0.25) is 0 Å². The average molecular weight is 499 g/mol. The van der Waals surface area contributed by atoms with Crippen LogP contribution in [0, 0.1) is 5.82 Å². The van der Waals surface area contributed by atoms with E-state index >= 15 is 0 Å². The summed E-state index contributed by atoms with van der Waals surface area (Å²) in [6.07, 6.45) is 2.09. The van der Waals surface area contributed by atoms with Gasteiger partial charge in [-0.05, 0) is 29.8 Å². The zero-order chi connectivity index (χ0) is 19.1. The minimum atomic E-state index is -0.356. The highest BCUT2D eigenvalue weighted by molar-refractivity contribution is 14.0. The summed E-state index contributed by atoms with van der Waals surface area (Å²) >= 11 is 0. The van der Waals surface area contributed by atoms with Crippen LogP contribution in [0.1, 0.15) is 18.4 Å². The Kier molecular flexibility index (Phi) is 8.82. The van der Waals surface area contributed by atoms with Gasteiger partial charge in [-0.3, -0.25) is 4.99 Å². The van der Waals surface area contributed by atoms with Gasteiger partial charge < -0.3 is 19.7 Å². The fraction of sp³-hybridized carbons (Fsp3) is 0.381. The summed E-state index contributed by atoms with van der Waals surface area (Å²) in [6, 6.07) is 14.9. The Hall–Kier alpha value is -2.03. The third kappa shape index (κ3) is 5.98. The highest BCUT2D eigenvalue weighted by Gasteiger charge is 2.22. The van der Waals surface area contributed by atoms with Crippen molar-refractivity contribution in [3.8, 4) is 11.5 Å². The third-order valence-electron chi connectivity index (χ3n) is 4.67. The minimum Gasteiger partial charge on any atom is -0.494 e. The molecule has 0 atom stereocenters. The number of aliphatic imine (C=N–C) groups is 1. The average Bonchev–Trinajstić information content (AvgIpc) is 2.70. The molecule has 5 nitrogen and oxygen atoms in total. The summed E-state index contributed by atoms with van der Waals surface area (Å²) in [5, 5.41) is 3.31. The molecule has 0 radical (unpaired) electrons. The number of likely N-dealkylation sites (tertiary alicyclic amines) is 1. The standard InChI is InChI=1S/C21H26FN3O2.HI/c1-23-21(24-15-16-8-9-20(26-2)19(22)14-16)25-12-10-18(11-13-25)27-17-6-4-3-5-7-17;/h3-9,14,18H,10-13,15H2,1-2H3,(H,23,24);1H. The molecule has 1 heterocycles. The Balaban J connectivity index is 0.00000280. The van der Waals surface area contributed by atoms with Gasteiger partial charge in [-0.1, -0.05) is 24.3 Å². The molecule has 152 valence electrons. The molecule has 0 saturated carbocycles. The van der Waals surface area contributed by atoms with Crippen molar-refractivity contribution in [3.63, 3.8) is 0 Å². The van der Waals surface area contributed by atoms with Crippen LogP contribution in [0.2, 0.25) is 0 Å². The number of ether oxygens (including phenoxy) is 2. The number of rotatable bonds is 5. The summed E-state index contributed by atoms with van der Waals surface area (Å²) in [6.45, 7) is 2.25. The van der Waals surface area contributed by atoms with Crippen molar-refractivity contribution in [1.82, 2.24) is 10.2 Å². The van der Waals surface area contributed by atoms with Gasteiger partial charge in [-0.15, -0.1) is 24.0 Å². The summed E-state index contributed by atoms with van der Waals surface area (Å²) in [5.74, 6) is 1.64. The first-order valence-electron chi connectivity index (χ1n) is 9.19. The fourth-order valence-corrected chi connectivity index (χ4v) is 3.21. The van der Waals surface area contributed by atoms with E-state index in [-0.39, 0.29) is 41.6 Å². The van der Waals surface area contributed by atoms with E-state index in [9.17, 15) is 4.39 Å². The molecule has 28 heavy (non-hydrogen) atoms. The van der Waals surface area contributed by atoms with Gasteiger partial charge in [0.1, 0.15) is 11.9 Å². The van der Waals surface area contributed by atoms with Crippen molar-refractivity contribution in [2.24, 2.45) is 4.99 Å². The van der Waals surface area contributed by atoms with Crippen LogP contribution in [0.25, 0.3) is 0 Å². The van der Waals surface area contributed by atoms with Crippen LogP contribution >= 0.6 is 24.0 Å². The zero-order valence-corrected chi connectivity index (χ0v) is 18.6. The van der Waals surface area contributed by atoms with E-state index < -0.39 is 0 Å². The maximum absolute atomic E-state index is 13.8. The lowest BCUT2D eigenvalue weighted by Crippen LogP contribution is -2.47. The summed E-state index contributed by atoms with van der Waals surface area (Å²) in [7, 11) is 3.23. The second-order valence-corrected chi connectivity index (χ2v) is 6.49. The fourth-order valence-electron chi connectivity index (χ4n) is 3.21. The van der Waals surface area contributed by atoms with E-state index in [1.807, 2.05) is 36.4 Å². The lowest BCUT2D eigenvalue weighted by molar-refractivity contribution is 0.129. The zero-order valence-electron chi connectivity index (χ0n) is 16.2. The van der Waals surface area contributed by atoms with Crippen molar-refractivity contribution in [2.75, 3.05) is 27.2 Å². The van der Waals surface area contributed by atoms with Crippen LogP contribution in [-0.2, 0) is 6.54 Å². The van der Waals surface area contributed by atoms with Gasteiger partial charge in [0.05, 0.1) is 7.11 Å². The molecule has 1 aliphatic rings. The molecule has 1 fully saturated rings. The molecule has 7 heteroatoms. The van der Waals surface area contributed by atoms with Crippen molar-refractivity contribution >= 4 is 29.9 Å². The van der Waals surface area contributed by atoms with Gasteiger partial charge in [-0.25, -0.2) is 4.39 Å². The predicted octanol–water partition coefficient (Wildman–Crippen LogP) is 4.07. The van der Waals surface area contributed by atoms with E-state index in [2.05, 4.69) is 15.2 Å². The van der Waals surface area contributed by atoms with Crippen LogP contribution in [-0.4, -0.2) is 44.2 Å². The van der Waals surface area contributed by atoms with E-state index in [0.717, 1.165) is 43.2 Å². The summed E-state index contributed by atoms with van der Waals surface area (Å²) < 4.78 is 24.8. The number of para-hydroxylation sites is 1.